The standard InChI is InChI=1S/C28H26ClNO6/c1-15-9-10-18(11-16(15)2)30-25(17-7-6-8-19(12-17)34-3)24(27(32)28(30)33)26(31)20-13-21(29)23(36-5)14-22(20)35-4/h6-14,25,31H,1-5H3/b26-24+. The number of rotatable bonds is 6. The molecular formula is C28H26ClNO6. The molecule has 0 bridgehead atoms. The van der Waals surface area contributed by atoms with Gasteiger partial charge in [-0.05, 0) is 60.9 Å². The first-order valence-electron chi connectivity index (χ1n) is 11.2. The molecule has 0 aromatic heterocycles. The predicted octanol–water partition coefficient (Wildman–Crippen LogP) is 5.61. The number of hydrogen-bond donors (Lipinski definition) is 1. The molecule has 0 radical (unpaired) electrons. The van der Waals surface area contributed by atoms with Crippen LogP contribution in [0.2, 0.25) is 5.02 Å². The van der Waals surface area contributed by atoms with Gasteiger partial charge in [0.1, 0.15) is 23.0 Å². The van der Waals surface area contributed by atoms with Crippen molar-refractivity contribution in [3.8, 4) is 17.2 Å². The van der Waals surface area contributed by atoms with Gasteiger partial charge in [-0.3, -0.25) is 14.5 Å². The highest BCUT2D eigenvalue weighted by Gasteiger charge is 2.47. The lowest BCUT2D eigenvalue weighted by atomic mass is 9.94. The van der Waals surface area contributed by atoms with Crippen LogP contribution in [0, 0.1) is 13.8 Å². The minimum Gasteiger partial charge on any atom is -0.507 e. The molecular weight excluding hydrogens is 482 g/mol. The third kappa shape index (κ3) is 4.27. The monoisotopic (exact) mass is 507 g/mol. The molecule has 8 heteroatoms. The number of halogens is 1. The van der Waals surface area contributed by atoms with Crippen LogP contribution in [0.1, 0.15) is 28.3 Å². The summed E-state index contributed by atoms with van der Waals surface area (Å²) in [5.41, 5.74) is 3.20. The number of aliphatic hydroxyl groups is 1. The van der Waals surface area contributed by atoms with E-state index in [9.17, 15) is 14.7 Å². The number of aliphatic hydroxyl groups excluding tert-OH is 1. The van der Waals surface area contributed by atoms with Crippen LogP contribution in [0.25, 0.3) is 5.76 Å². The van der Waals surface area contributed by atoms with Gasteiger partial charge in [0.05, 0.1) is 43.5 Å². The van der Waals surface area contributed by atoms with Gasteiger partial charge in [-0.1, -0.05) is 29.8 Å². The maximum Gasteiger partial charge on any atom is 0.300 e. The number of ketones is 1. The maximum atomic E-state index is 13.5. The summed E-state index contributed by atoms with van der Waals surface area (Å²) >= 11 is 6.33. The number of anilines is 1. The molecule has 3 aromatic rings. The van der Waals surface area contributed by atoms with Crippen molar-refractivity contribution in [2.75, 3.05) is 26.2 Å². The fourth-order valence-electron chi connectivity index (χ4n) is 4.29. The smallest absolute Gasteiger partial charge is 0.300 e. The van der Waals surface area contributed by atoms with Crippen molar-refractivity contribution >= 4 is 34.7 Å². The number of benzene rings is 3. The molecule has 1 aliphatic rings. The molecule has 1 unspecified atom stereocenters. The van der Waals surface area contributed by atoms with Gasteiger partial charge in [0.2, 0.25) is 0 Å². The Bertz CT molecular complexity index is 1400. The van der Waals surface area contributed by atoms with E-state index in [-0.39, 0.29) is 21.9 Å². The summed E-state index contributed by atoms with van der Waals surface area (Å²) in [5.74, 6) is -0.878. The van der Waals surface area contributed by atoms with Gasteiger partial charge in [0.25, 0.3) is 11.7 Å². The van der Waals surface area contributed by atoms with Gasteiger partial charge < -0.3 is 19.3 Å². The third-order valence-corrected chi connectivity index (χ3v) is 6.65. The van der Waals surface area contributed by atoms with Crippen molar-refractivity contribution in [2.45, 2.75) is 19.9 Å². The van der Waals surface area contributed by atoms with Gasteiger partial charge in [0.15, 0.2) is 0 Å². The first kappa shape index (κ1) is 25.1. The number of amides is 1. The minimum atomic E-state index is -0.923. The second kappa shape index (κ2) is 9.95. The van der Waals surface area contributed by atoms with Gasteiger partial charge in [0, 0.05) is 11.8 Å². The minimum absolute atomic E-state index is 0.0917. The molecule has 1 aliphatic heterocycles. The second-order valence-electron chi connectivity index (χ2n) is 8.40. The van der Waals surface area contributed by atoms with Crippen LogP contribution in [-0.4, -0.2) is 38.1 Å². The largest absolute Gasteiger partial charge is 0.507 e. The molecule has 4 rings (SSSR count). The summed E-state index contributed by atoms with van der Waals surface area (Å²) < 4.78 is 16.1. The second-order valence-corrected chi connectivity index (χ2v) is 8.81. The normalized spacial score (nSPS) is 16.8. The van der Waals surface area contributed by atoms with Gasteiger partial charge in [-0.25, -0.2) is 0 Å². The molecule has 36 heavy (non-hydrogen) atoms. The highest BCUT2D eigenvalue weighted by molar-refractivity contribution is 6.51. The Balaban J connectivity index is 2.01. The maximum absolute atomic E-state index is 13.5. The van der Waals surface area contributed by atoms with Crippen molar-refractivity contribution in [3.63, 3.8) is 0 Å². The zero-order valence-electron chi connectivity index (χ0n) is 20.6. The lowest BCUT2D eigenvalue weighted by molar-refractivity contribution is -0.132. The summed E-state index contributed by atoms with van der Waals surface area (Å²) in [6.45, 7) is 3.90. The van der Waals surface area contributed by atoms with Crippen molar-refractivity contribution < 1.29 is 28.9 Å². The van der Waals surface area contributed by atoms with Gasteiger partial charge in [-0.15, -0.1) is 0 Å². The van der Waals surface area contributed by atoms with E-state index in [0.29, 0.717) is 22.7 Å². The van der Waals surface area contributed by atoms with E-state index in [1.54, 1.807) is 30.3 Å². The number of carbonyl (C=O) groups is 2. The number of Topliss-reactive ketones (excluding diaryl/α,β-unsaturated/α-hetero) is 1. The van der Waals surface area contributed by atoms with Crippen LogP contribution in [0.15, 0.2) is 60.2 Å². The van der Waals surface area contributed by atoms with Crippen LogP contribution < -0.4 is 19.1 Å². The Morgan fingerprint density at radius 3 is 2.25 bits per heavy atom. The van der Waals surface area contributed by atoms with Gasteiger partial charge >= 0.3 is 0 Å². The number of hydrogen-bond acceptors (Lipinski definition) is 6. The quantitative estimate of drug-likeness (QED) is 0.265. The average molecular weight is 508 g/mol. The molecule has 1 amide bonds. The molecule has 1 atom stereocenters. The van der Waals surface area contributed by atoms with E-state index < -0.39 is 23.5 Å². The van der Waals surface area contributed by atoms with E-state index in [0.717, 1.165) is 11.1 Å². The van der Waals surface area contributed by atoms with Crippen molar-refractivity contribution in [2.24, 2.45) is 0 Å². The molecule has 7 nitrogen and oxygen atoms in total. The van der Waals surface area contributed by atoms with Crippen molar-refractivity contribution in [1.82, 2.24) is 0 Å². The highest BCUT2D eigenvalue weighted by Crippen LogP contribution is 2.45. The molecule has 1 saturated heterocycles. The number of methoxy groups -OCH3 is 3. The third-order valence-electron chi connectivity index (χ3n) is 6.35. The Kier molecular flexibility index (Phi) is 6.95. The van der Waals surface area contributed by atoms with Crippen molar-refractivity contribution in [1.29, 1.82) is 0 Å². The Labute approximate surface area is 214 Å². The summed E-state index contributed by atoms with van der Waals surface area (Å²) in [6.07, 6.45) is 0. The summed E-state index contributed by atoms with van der Waals surface area (Å²) in [7, 11) is 4.41. The van der Waals surface area contributed by atoms with Crippen LogP contribution >= 0.6 is 11.6 Å². The number of carbonyl (C=O) groups excluding carboxylic acids is 2. The Morgan fingerprint density at radius 2 is 1.61 bits per heavy atom. The van der Waals surface area contributed by atoms with Crippen molar-refractivity contribution in [3.05, 3.63) is 87.4 Å². The average Bonchev–Trinajstić information content (AvgIpc) is 3.15. The lowest BCUT2D eigenvalue weighted by Crippen LogP contribution is -2.29. The molecule has 0 aliphatic carbocycles. The molecule has 1 heterocycles. The van der Waals surface area contributed by atoms with E-state index >= 15 is 0 Å². The van der Waals surface area contributed by atoms with Gasteiger partial charge in [-0.2, -0.15) is 0 Å². The van der Waals surface area contributed by atoms with E-state index in [4.69, 9.17) is 25.8 Å². The zero-order chi connectivity index (χ0) is 26.1. The topological polar surface area (TPSA) is 85.3 Å². The summed E-state index contributed by atoms with van der Waals surface area (Å²) in [6, 6.07) is 14.6. The van der Waals surface area contributed by atoms with Crippen LogP contribution in [-0.2, 0) is 9.59 Å². The molecule has 0 saturated carbocycles. The number of aryl methyl sites for hydroxylation is 2. The number of nitrogens with zero attached hydrogens (tertiary/aromatic N) is 1. The molecule has 0 spiro atoms. The first-order chi connectivity index (χ1) is 17.2. The SMILES string of the molecule is COc1cccc(C2/C(=C(\O)c3cc(Cl)c(OC)cc3OC)C(=O)C(=O)N2c2ccc(C)c(C)c2)c1. The van der Waals surface area contributed by atoms with Crippen LogP contribution in [0.3, 0.4) is 0 Å². The molecule has 3 aromatic carbocycles. The van der Waals surface area contributed by atoms with E-state index in [2.05, 4.69) is 0 Å². The zero-order valence-corrected chi connectivity index (χ0v) is 21.3. The first-order valence-corrected chi connectivity index (χ1v) is 11.5. The summed E-state index contributed by atoms with van der Waals surface area (Å²) in [4.78, 5) is 28.3. The Morgan fingerprint density at radius 1 is 0.889 bits per heavy atom. The summed E-state index contributed by atoms with van der Waals surface area (Å²) in [5, 5.41) is 11.7. The highest BCUT2D eigenvalue weighted by atomic mass is 35.5. The van der Waals surface area contributed by atoms with E-state index in [1.807, 2.05) is 26.0 Å². The van der Waals surface area contributed by atoms with Crippen LogP contribution in [0.4, 0.5) is 5.69 Å². The number of ether oxygens (including phenoxy) is 3. The molecule has 186 valence electrons. The molecule has 1 fully saturated rings. The van der Waals surface area contributed by atoms with E-state index in [1.165, 1.54) is 38.4 Å². The Hall–Kier alpha value is -3.97. The predicted molar refractivity (Wildman–Crippen MR) is 138 cm³/mol. The lowest BCUT2D eigenvalue weighted by Gasteiger charge is -2.26. The fourth-order valence-corrected chi connectivity index (χ4v) is 4.53. The van der Waals surface area contributed by atoms with Crippen LogP contribution in [0.5, 0.6) is 17.2 Å². The fraction of sp³-hybridized carbons (Fsp3) is 0.214. The molecule has 1 N–H and O–H groups in total.